The van der Waals surface area contributed by atoms with Gasteiger partial charge in [-0.3, -0.25) is 20.0 Å². The molecule has 8 nitrogen and oxygen atoms in total. The quantitative estimate of drug-likeness (QED) is 0.425. The number of hydroxylamine groups is 2. The van der Waals surface area contributed by atoms with E-state index in [0.29, 0.717) is 18.5 Å². The first-order valence-electron chi connectivity index (χ1n) is 7.93. The molecule has 0 unspecified atom stereocenters. The zero-order valence-corrected chi connectivity index (χ0v) is 14.8. The number of carbonyl (C=O) groups is 2. The van der Waals surface area contributed by atoms with Gasteiger partial charge in [-0.05, 0) is 40.8 Å². The highest BCUT2D eigenvalue weighted by atomic mass is 16.5. The smallest absolute Gasteiger partial charge is 0.271 e. The average molecular weight is 340 g/mol. The molecule has 0 aromatic carbocycles. The molecular formula is C16H28N4O4. The number of amides is 2. The first-order chi connectivity index (χ1) is 11.3. The third kappa shape index (κ3) is 5.72. The van der Waals surface area contributed by atoms with Crippen molar-refractivity contribution >= 4 is 11.8 Å². The summed E-state index contributed by atoms with van der Waals surface area (Å²) in [4.78, 5) is 26.3. The van der Waals surface area contributed by atoms with Crippen LogP contribution in [-0.4, -0.2) is 72.3 Å². The molecule has 2 rings (SSSR count). The molecule has 0 atom stereocenters. The van der Waals surface area contributed by atoms with E-state index in [1.807, 2.05) is 27.9 Å². The molecule has 0 spiro atoms. The molecule has 0 fully saturated rings. The Kier molecular flexibility index (Phi) is 8.06. The predicted molar refractivity (Wildman–Crippen MR) is 89.5 cm³/mol. The molecule has 2 amide bonds. The SMILES string of the molecule is CC1=C(C(=O)NO)CCN(C)C1.CC1=C(C(=O)NO)CN(C)CC1. The zero-order chi connectivity index (χ0) is 18.3. The molecule has 0 saturated carbocycles. The van der Waals surface area contributed by atoms with Crippen LogP contribution >= 0.6 is 0 Å². The van der Waals surface area contributed by atoms with Crippen LogP contribution in [-0.2, 0) is 9.59 Å². The minimum atomic E-state index is -0.376. The lowest BCUT2D eigenvalue weighted by Gasteiger charge is -2.24. The van der Waals surface area contributed by atoms with Gasteiger partial charge in [-0.1, -0.05) is 11.1 Å². The molecule has 4 N–H and O–H groups in total. The van der Waals surface area contributed by atoms with Crippen molar-refractivity contribution in [2.75, 3.05) is 40.3 Å². The Morgan fingerprint density at radius 1 is 0.833 bits per heavy atom. The lowest BCUT2D eigenvalue weighted by atomic mass is 10.0. The van der Waals surface area contributed by atoms with E-state index in [9.17, 15) is 9.59 Å². The zero-order valence-electron chi connectivity index (χ0n) is 14.8. The Morgan fingerprint density at radius 2 is 1.33 bits per heavy atom. The fourth-order valence-electron chi connectivity index (χ4n) is 2.80. The highest BCUT2D eigenvalue weighted by Gasteiger charge is 2.19. The van der Waals surface area contributed by atoms with E-state index in [2.05, 4.69) is 9.80 Å². The Morgan fingerprint density at radius 3 is 1.88 bits per heavy atom. The van der Waals surface area contributed by atoms with E-state index in [0.717, 1.165) is 42.8 Å². The molecule has 136 valence electrons. The van der Waals surface area contributed by atoms with Crippen molar-refractivity contribution in [3.05, 3.63) is 22.3 Å². The van der Waals surface area contributed by atoms with E-state index in [1.54, 1.807) is 11.0 Å². The van der Waals surface area contributed by atoms with Crippen molar-refractivity contribution in [3.63, 3.8) is 0 Å². The number of likely N-dealkylation sites (N-methyl/N-ethyl adjacent to an activating group) is 2. The van der Waals surface area contributed by atoms with Gasteiger partial charge in [0.25, 0.3) is 11.8 Å². The largest absolute Gasteiger partial charge is 0.302 e. The second kappa shape index (κ2) is 9.53. The second-order valence-corrected chi connectivity index (χ2v) is 6.38. The van der Waals surface area contributed by atoms with Crippen molar-refractivity contribution < 1.29 is 20.0 Å². The normalized spacial score (nSPS) is 19.6. The van der Waals surface area contributed by atoms with Crippen LogP contribution in [0.4, 0.5) is 0 Å². The van der Waals surface area contributed by atoms with Gasteiger partial charge in [-0.15, -0.1) is 0 Å². The lowest BCUT2D eigenvalue weighted by Crippen LogP contribution is -2.34. The average Bonchev–Trinajstić information content (AvgIpc) is 2.56. The van der Waals surface area contributed by atoms with Crippen LogP contribution in [0.25, 0.3) is 0 Å². The number of hydrogen-bond donors (Lipinski definition) is 4. The summed E-state index contributed by atoms with van der Waals surface area (Å²) in [7, 11) is 3.97. The summed E-state index contributed by atoms with van der Waals surface area (Å²) in [6.45, 7) is 7.13. The summed E-state index contributed by atoms with van der Waals surface area (Å²) in [5.74, 6) is -0.736. The number of nitrogens with zero attached hydrogens (tertiary/aromatic N) is 2. The van der Waals surface area contributed by atoms with E-state index in [-0.39, 0.29) is 11.8 Å². The van der Waals surface area contributed by atoms with Crippen LogP contribution < -0.4 is 11.0 Å². The maximum atomic E-state index is 11.1. The molecule has 0 aromatic heterocycles. The summed E-state index contributed by atoms with van der Waals surface area (Å²) in [6.07, 6.45) is 1.62. The standard InChI is InChI=1S/2C8H14N2O2/c1-6-5-10(2)4-3-7(6)8(11)9-12;1-6-3-4-10(2)5-7(6)8(11)9-12/h2*12H,3-5H2,1-2H3,(H,9,11). The Labute approximate surface area is 142 Å². The molecule has 2 aliphatic heterocycles. The fourth-order valence-corrected chi connectivity index (χ4v) is 2.80. The molecule has 2 heterocycles. The van der Waals surface area contributed by atoms with Crippen molar-refractivity contribution in [2.24, 2.45) is 0 Å². The topological polar surface area (TPSA) is 105 Å². The van der Waals surface area contributed by atoms with Crippen LogP contribution in [0.15, 0.2) is 22.3 Å². The van der Waals surface area contributed by atoms with Gasteiger partial charge >= 0.3 is 0 Å². The van der Waals surface area contributed by atoms with Crippen molar-refractivity contribution in [3.8, 4) is 0 Å². The van der Waals surface area contributed by atoms with Crippen molar-refractivity contribution in [1.82, 2.24) is 20.8 Å². The van der Waals surface area contributed by atoms with E-state index in [4.69, 9.17) is 10.4 Å². The van der Waals surface area contributed by atoms with Gasteiger partial charge in [0.1, 0.15) is 0 Å². The molecular weight excluding hydrogens is 312 g/mol. The summed E-state index contributed by atoms with van der Waals surface area (Å²) >= 11 is 0. The summed E-state index contributed by atoms with van der Waals surface area (Å²) in [6, 6.07) is 0. The van der Waals surface area contributed by atoms with E-state index in [1.165, 1.54) is 0 Å². The summed E-state index contributed by atoms with van der Waals surface area (Å²) < 4.78 is 0. The monoisotopic (exact) mass is 340 g/mol. The first-order valence-corrected chi connectivity index (χ1v) is 7.93. The molecule has 2 aliphatic rings. The lowest BCUT2D eigenvalue weighted by molar-refractivity contribution is -0.126. The van der Waals surface area contributed by atoms with Crippen LogP contribution in [0.2, 0.25) is 0 Å². The van der Waals surface area contributed by atoms with Crippen molar-refractivity contribution in [1.29, 1.82) is 0 Å². The molecule has 0 aromatic rings. The maximum absolute atomic E-state index is 11.1. The molecule has 0 saturated heterocycles. The Bertz CT molecular complexity index is 542. The molecule has 0 radical (unpaired) electrons. The fraction of sp³-hybridized carbons (Fsp3) is 0.625. The third-order valence-electron chi connectivity index (χ3n) is 4.33. The van der Waals surface area contributed by atoms with E-state index < -0.39 is 0 Å². The Balaban J connectivity index is 0.000000240. The molecule has 24 heavy (non-hydrogen) atoms. The second-order valence-electron chi connectivity index (χ2n) is 6.38. The van der Waals surface area contributed by atoms with Gasteiger partial charge < -0.3 is 9.80 Å². The van der Waals surface area contributed by atoms with E-state index >= 15 is 0 Å². The van der Waals surface area contributed by atoms with Gasteiger partial charge in [0.05, 0.1) is 0 Å². The van der Waals surface area contributed by atoms with Crippen LogP contribution in [0.3, 0.4) is 0 Å². The summed E-state index contributed by atoms with van der Waals surface area (Å²) in [5, 5.41) is 16.9. The van der Waals surface area contributed by atoms with Crippen LogP contribution in [0.5, 0.6) is 0 Å². The number of carbonyl (C=O) groups excluding carboxylic acids is 2. The minimum Gasteiger partial charge on any atom is -0.302 e. The van der Waals surface area contributed by atoms with Gasteiger partial charge in [-0.2, -0.15) is 0 Å². The molecule has 0 bridgehead atoms. The summed E-state index contributed by atoms with van der Waals surface area (Å²) in [5.41, 5.74) is 6.84. The number of hydrogen-bond acceptors (Lipinski definition) is 6. The molecule has 8 heteroatoms. The Hall–Kier alpha value is -1.74. The highest BCUT2D eigenvalue weighted by molar-refractivity contribution is 5.94. The van der Waals surface area contributed by atoms with Gasteiger partial charge in [0.15, 0.2) is 0 Å². The minimum absolute atomic E-state index is 0.361. The number of nitrogens with one attached hydrogen (secondary N) is 2. The number of rotatable bonds is 2. The molecule has 0 aliphatic carbocycles. The maximum Gasteiger partial charge on any atom is 0.271 e. The first kappa shape index (κ1) is 20.3. The van der Waals surface area contributed by atoms with Crippen molar-refractivity contribution in [2.45, 2.75) is 26.7 Å². The van der Waals surface area contributed by atoms with Gasteiger partial charge in [0.2, 0.25) is 0 Å². The third-order valence-corrected chi connectivity index (χ3v) is 4.33. The predicted octanol–water partition coefficient (Wildman–Crippen LogP) is 0.288. The van der Waals surface area contributed by atoms with Gasteiger partial charge in [-0.25, -0.2) is 11.0 Å². The van der Waals surface area contributed by atoms with Crippen LogP contribution in [0.1, 0.15) is 26.7 Å². The van der Waals surface area contributed by atoms with Crippen LogP contribution in [0, 0.1) is 0 Å². The van der Waals surface area contributed by atoms with Gasteiger partial charge in [0, 0.05) is 37.3 Å². The highest BCUT2D eigenvalue weighted by Crippen LogP contribution is 2.16.